The van der Waals surface area contributed by atoms with Crippen molar-refractivity contribution in [2.45, 2.75) is 75.5 Å². The second kappa shape index (κ2) is 19.8. The van der Waals surface area contributed by atoms with Gasteiger partial charge in [0.1, 0.15) is 18.1 Å². The van der Waals surface area contributed by atoms with Gasteiger partial charge in [-0.3, -0.25) is 29.2 Å². The molecule has 228 valence electrons. The average molecular weight is 573 g/mol. The Morgan fingerprint density at radius 1 is 0.650 bits per heavy atom. The summed E-state index contributed by atoms with van der Waals surface area (Å²) in [5, 5.41) is 17.0. The smallest absolute Gasteiger partial charge is 0.326 e. The van der Waals surface area contributed by atoms with Crippen LogP contribution in [0.1, 0.15) is 51.4 Å². The van der Waals surface area contributed by atoms with Crippen LogP contribution in [0.15, 0.2) is 9.98 Å². The van der Waals surface area contributed by atoms with Gasteiger partial charge in [-0.1, -0.05) is 0 Å². The molecule has 0 fully saturated rings. The zero-order chi connectivity index (χ0) is 30.7. The summed E-state index contributed by atoms with van der Waals surface area (Å²) in [6, 6.07) is -4.89. The third kappa shape index (κ3) is 16.6. The topological polar surface area (TPSA) is 349 Å². The number of carboxylic acid groups (broad SMARTS) is 1. The van der Waals surface area contributed by atoms with Gasteiger partial charge in [-0.25, -0.2) is 4.79 Å². The molecule has 4 atom stereocenters. The fourth-order valence-corrected chi connectivity index (χ4v) is 3.43. The number of guanidine groups is 2. The molecule has 0 aromatic rings. The molecule has 0 aromatic carbocycles. The number of primary amides is 1. The molecule has 0 rings (SSSR count). The van der Waals surface area contributed by atoms with Crippen molar-refractivity contribution < 1.29 is 29.1 Å². The molecule has 18 nitrogen and oxygen atoms in total. The Morgan fingerprint density at radius 2 is 1.07 bits per heavy atom. The summed E-state index contributed by atoms with van der Waals surface area (Å²) in [4.78, 5) is 69.2. The van der Waals surface area contributed by atoms with Gasteiger partial charge in [-0.15, -0.1) is 0 Å². The molecule has 0 radical (unpaired) electrons. The molecule has 0 heterocycles. The zero-order valence-electron chi connectivity index (χ0n) is 22.5. The molecule has 0 aliphatic rings. The van der Waals surface area contributed by atoms with Gasteiger partial charge in [0, 0.05) is 13.1 Å². The van der Waals surface area contributed by atoms with E-state index in [2.05, 4.69) is 25.9 Å². The number of nitrogens with zero attached hydrogens (tertiary/aromatic N) is 2. The van der Waals surface area contributed by atoms with Crippen LogP contribution in [0.25, 0.3) is 0 Å². The maximum atomic E-state index is 13.2. The summed E-state index contributed by atoms with van der Waals surface area (Å²) in [5.41, 5.74) is 37.5. The second-order valence-electron chi connectivity index (χ2n) is 8.98. The average Bonchev–Trinajstić information content (AvgIpc) is 2.85. The molecular weight excluding hydrogens is 528 g/mol. The third-order valence-electron chi connectivity index (χ3n) is 5.48. The Balaban J connectivity index is 5.65. The van der Waals surface area contributed by atoms with Gasteiger partial charge < -0.3 is 61.2 Å². The Hall–Kier alpha value is -4.19. The van der Waals surface area contributed by atoms with E-state index in [9.17, 15) is 29.1 Å². The van der Waals surface area contributed by atoms with Crippen LogP contribution in [0.3, 0.4) is 0 Å². The van der Waals surface area contributed by atoms with Crippen LogP contribution in [-0.2, 0) is 24.0 Å². The van der Waals surface area contributed by atoms with Gasteiger partial charge in [0.2, 0.25) is 23.6 Å². The van der Waals surface area contributed by atoms with E-state index in [1.54, 1.807) is 0 Å². The number of aliphatic carboxylic acids is 1. The summed E-state index contributed by atoms with van der Waals surface area (Å²) in [5.74, 6) is -4.67. The zero-order valence-corrected chi connectivity index (χ0v) is 22.5. The van der Waals surface area contributed by atoms with Crippen LogP contribution in [-0.4, -0.2) is 90.4 Å². The maximum Gasteiger partial charge on any atom is 0.326 e. The predicted octanol–water partition coefficient (Wildman–Crippen LogP) is -5.04. The van der Waals surface area contributed by atoms with Crippen LogP contribution in [0, 0.1) is 0 Å². The van der Waals surface area contributed by atoms with Crippen LogP contribution in [0.2, 0.25) is 0 Å². The minimum atomic E-state index is -1.30. The first-order chi connectivity index (χ1) is 18.8. The lowest BCUT2D eigenvalue weighted by Crippen LogP contribution is -2.57. The number of carbonyl (C=O) groups excluding carboxylic acids is 4. The van der Waals surface area contributed by atoms with Crippen molar-refractivity contribution in [2.75, 3.05) is 19.6 Å². The Labute approximate surface area is 232 Å². The number of carbonyl (C=O) groups is 5. The molecule has 0 aliphatic carbocycles. The number of nitrogens with two attached hydrogens (primary N) is 7. The Morgan fingerprint density at radius 3 is 1.50 bits per heavy atom. The minimum Gasteiger partial charge on any atom is -0.480 e. The Bertz CT molecular complexity index is 905. The van der Waals surface area contributed by atoms with E-state index < -0.39 is 60.2 Å². The molecule has 40 heavy (non-hydrogen) atoms. The van der Waals surface area contributed by atoms with Crippen LogP contribution < -0.4 is 56.1 Å². The minimum absolute atomic E-state index is 0.0303. The number of aliphatic imine (C=N–C) groups is 2. The maximum absolute atomic E-state index is 13.2. The molecule has 18 N–H and O–H groups in total. The van der Waals surface area contributed by atoms with Gasteiger partial charge in [-0.05, 0) is 51.5 Å². The van der Waals surface area contributed by atoms with Crippen molar-refractivity contribution in [3.63, 3.8) is 0 Å². The van der Waals surface area contributed by atoms with Gasteiger partial charge in [-0.2, -0.15) is 0 Å². The lowest BCUT2D eigenvalue weighted by molar-refractivity contribution is -0.142. The standard InChI is InChI=1S/C22H44N12O6/c23-8-2-1-5-13(19(38)34-15(20(39)40)7-4-10-31-22(28)29)33-18(37)14(6-3-9-30-21(26)27)32-17(36)12(24)11-16(25)35/h12-15H,1-11,23-24H2,(H2,25,35)(H,32,36)(H,33,37)(H,34,38)(H,39,40)(H4,26,27,30)(H4,28,29,31). The summed E-state index contributed by atoms with van der Waals surface area (Å²) in [6.45, 7) is 0.652. The largest absolute Gasteiger partial charge is 0.480 e. The first-order valence-corrected chi connectivity index (χ1v) is 12.8. The third-order valence-corrected chi connectivity index (χ3v) is 5.48. The van der Waals surface area contributed by atoms with E-state index in [-0.39, 0.29) is 57.1 Å². The van der Waals surface area contributed by atoms with Crippen molar-refractivity contribution in [2.24, 2.45) is 50.1 Å². The molecule has 0 saturated heterocycles. The lowest BCUT2D eigenvalue weighted by atomic mass is 10.0. The van der Waals surface area contributed by atoms with Crippen LogP contribution in [0.4, 0.5) is 0 Å². The van der Waals surface area contributed by atoms with E-state index in [1.807, 2.05) is 0 Å². The Kier molecular flexibility index (Phi) is 17.7. The van der Waals surface area contributed by atoms with E-state index in [0.29, 0.717) is 19.4 Å². The summed E-state index contributed by atoms with van der Waals surface area (Å²) >= 11 is 0. The normalized spacial score (nSPS) is 13.6. The molecular formula is C22H44N12O6. The molecule has 0 spiro atoms. The lowest BCUT2D eigenvalue weighted by Gasteiger charge is -2.25. The molecule has 0 saturated carbocycles. The SMILES string of the molecule is NCCCCC(NC(=O)C(CCCN=C(N)N)NC(=O)C(N)CC(N)=O)C(=O)NC(CCCN=C(N)N)C(=O)O. The molecule has 0 bridgehead atoms. The van der Waals surface area contributed by atoms with Crippen molar-refractivity contribution >= 4 is 41.5 Å². The highest BCUT2D eigenvalue weighted by atomic mass is 16.4. The molecule has 18 heteroatoms. The number of rotatable bonds is 21. The van der Waals surface area contributed by atoms with Crippen molar-refractivity contribution in [3.05, 3.63) is 0 Å². The van der Waals surface area contributed by atoms with Crippen molar-refractivity contribution in [1.29, 1.82) is 0 Å². The second-order valence-corrected chi connectivity index (χ2v) is 8.98. The molecule has 0 aliphatic heterocycles. The highest BCUT2D eigenvalue weighted by Crippen LogP contribution is 2.07. The first-order valence-electron chi connectivity index (χ1n) is 12.8. The van der Waals surface area contributed by atoms with Gasteiger partial charge in [0.05, 0.1) is 12.5 Å². The molecule has 0 aromatic heterocycles. The van der Waals surface area contributed by atoms with E-state index in [1.165, 1.54) is 0 Å². The number of carboxylic acids is 1. The molecule has 4 amide bonds. The first kappa shape index (κ1) is 35.8. The van der Waals surface area contributed by atoms with Crippen LogP contribution in [0.5, 0.6) is 0 Å². The van der Waals surface area contributed by atoms with Gasteiger partial charge >= 0.3 is 5.97 Å². The van der Waals surface area contributed by atoms with Crippen molar-refractivity contribution in [3.8, 4) is 0 Å². The van der Waals surface area contributed by atoms with E-state index in [4.69, 9.17) is 40.1 Å². The quantitative estimate of drug-likeness (QED) is 0.0349. The monoisotopic (exact) mass is 572 g/mol. The van der Waals surface area contributed by atoms with E-state index in [0.717, 1.165) is 0 Å². The summed E-state index contributed by atoms with van der Waals surface area (Å²) in [6.07, 6.45) is 1.31. The summed E-state index contributed by atoms with van der Waals surface area (Å²) < 4.78 is 0. The summed E-state index contributed by atoms with van der Waals surface area (Å²) in [7, 11) is 0. The fourth-order valence-electron chi connectivity index (χ4n) is 3.43. The highest BCUT2D eigenvalue weighted by Gasteiger charge is 2.30. The van der Waals surface area contributed by atoms with Gasteiger partial charge in [0.25, 0.3) is 0 Å². The number of unbranched alkanes of at least 4 members (excludes halogenated alkanes) is 1. The number of hydrogen-bond acceptors (Lipinski definition) is 9. The van der Waals surface area contributed by atoms with Crippen LogP contribution >= 0.6 is 0 Å². The molecule has 4 unspecified atom stereocenters. The van der Waals surface area contributed by atoms with Gasteiger partial charge in [0.15, 0.2) is 11.9 Å². The number of hydrogen-bond donors (Lipinski definition) is 11. The fraction of sp³-hybridized carbons (Fsp3) is 0.682. The number of amides is 4. The van der Waals surface area contributed by atoms with Crippen molar-refractivity contribution in [1.82, 2.24) is 16.0 Å². The highest BCUT2D eigenvalue weighted by molar-refractivity contribution is 5.95. The number of nitrogens with one attached hydrogen (secondary N) is 3. The predicted molar refractivity (Wildman–Crippen MR) is 148 cm³/mol. The van der Waals surface area contributed by atoms with E-state index >= 15 is 0 Å².